The first-order valence-electron chi connectivity index (χ1n) is 4.86. The van der Waals surface area contributed by atoms with Gasteiger partial charge in [0.25, 0.3) is 10.0 Å². The molecule has 0 radical (unpaired) electrons. The summed E-state index contributed by atoms with van der Waals surface area (Å²) < 4.78 is 35.0. The number of nitrogens with one attached hydrogen (secondary N) is 1. The first-order chi connectivity index (χ1) is 7.99. The molecule has 1 atom stereocenters. The average Bonchev–Trinajstić information content (AvgIpc) is 2.76. The Morgan fingerprint density at radius 2 is 2.24 bits per heavy atom. The van der Waals surface area contributed by atoms with Gasteiger partial charge in [-0.25, -0.2) is 13.1 Å². The highest BCUT2D eigenvalue weighted by Gasteiger charge is 2.19. The molecule has 1 rings (SSSR count). The predicted molar refractivity (Wildman–Crippen MR) is 57.7 cm³/mol. The van der Waals surface area contributed by atoms with Crippen LogP contribution in [-0.4, -0.2) is 45.0 Å². The number of sulfonamides is 1. The Kier molecular flexibility index (Phi) is 5.09. The molecule has 0 fully saturated rings. The number of methoxy groups -OCH3 is 1. The van der Waals surface area contributed by atoms with Crippen LogP contribution in [0.1, 0.15) is 5.76 Å². The fourth-order valence-electron chi connectivity index (χ4n) is 1.12. The van der Waals surface area contributed by atoms with Crippen molar-refractivity contribution < 1.29 is 27.8 Å². The maximum Gasteiger partial charge on any atom is 0.274 e. The lowest BCUT2D eigenvalue weighted by molar-refractivity contribution is 0.0678. The molecule has 0 spiro atoms. The molecule has 0 saturated heterocycles. The summed E-state index contributed by atoms with van der Waals surface area (Å²) in [5, 5.41) is 17.7. The zero-order valence-corrected chi connectivity index (χ0v) is 10.1. The van der Waals surface area contributed by atoms with E-state index in [1.807, 2.05) is 0 Å². The van der Waals surface area contributed by atoms with E-state index in [0.29, 0.717) is 0 Å². The molecule has 8 heteroatoms. The Morgan fingerprint density at radius 1 is 1.53 bits per heavy atom. The molecule has 7 nitrogen and oxygen atoms in total. The van der Waals surface area contributed by atoms with Crippen molar-refractivity contribution in [1.29, 1.82) is 0 Å². The molecule has 17 heavy (non-hydrogen) atoms. The second kappa shape index (κ2) is 6.12. The summed E-state index contributed by atoms with van der Waals surface area (Å²) in [4.78, 5) is 0. The van der Waals surface area contributed by atoms with Gasteiger partial charge >= 0.3 is 0 Å². The van der Waals surface area contributed by atoms with Gasteiger partial charge in [-0.1, -0.05) is 0 Å². The molecule has 0 aliphatic carbocycles. The zero-order chi connectivity index (χ0) is 12.9. The Balaban J connectivity index is 2.62. The van der Waals surface area contributed by atoms with Gasteiger partial charge in [-0.3, -0.25) is 0 Å². The van der Waals surface area contributed by atoms with Crippen molar-refractivity contribution >= 4 is 10.0 Å². The molecule has 98 valence electrons. The molecule has 0 aliphatic rings. The first kappa shape index (κ1) is 14.1. The predicted octanol–water partition coefficient (Wildman–Crippen LogP) is -0.942. The molecule has 1 aromatic heterocycles. The first-order valence-corrected chi connectivity index (χ1v) is 6.34. The zero-order valence-electron chi connectivity index (χ0n) is 9.29. The Bertz CT molecular complexity index is 440. The molecule has 0 aromatic carbocycles. The summed E-state index contributed by atoms with van der Waals surface area (Å²) in [5.74, 6) is 0.155. The van der Waals surface area contributed by atoms with E-state index in [1.54, 1.807) is 0 Å². The second-order valence-corrected chi connectivity index (χ2v) is 5.04. The van der Waals surface area contributed by atoms with Crippen LogP contribution >= 0.6 is 0 Å². The van der Waals surface area contributed by atoms with Crippen LogP contribution in [0.2, 0.25) is 0 Å². The van der Waals surface area contributed by atoms with Gasteiger partial charge in [-0.05, 0) is 12.1 Å². The number of furan rings is 1. The van der Waals surface area contributed by atoms with Crippen molar-refractivity contribution in [3.05, 3.63) is 17.9 Å². The maximum atomic E-state index is 11.6. The standard InChI is InChI=1S/C9H15NO6S/c1-15-6-7(12)4-10-17(13,14)9-3-2-8(5-11)16-9/h2-3,7,10-12H,4-6H2,1H3. The van der Waals surface area contributed by atoms with Gasteiger partial charge in [-0.15, -0.1) is 0 Å². The molecule has 1 heterocycles. The average molecular weight is 265 g/mol. The van der Waals surface area contributed by atoms with E-state index in [1.165, 1.54) is 19.2 Å². The van der Waals surface area contributed by atoms with Crippen LogP contribution in [0.25, 0.3) is 0 Å². The minimum absolute atomic E-state index is 0.0303. The molecule has 1 unspecified atom stereocenters. The van der Waals surface area contributed by atoms with Crippen molar-refractivity contribution in [2.75, 3.05) is 20.3 Å². The van der Waals surface area contributed by atoms with Gasteiger partial charge in [0, 0.05) is 13.7 Å². The Hall–Kier alpha value is -0.930. The van der Waals surface area contributed by atoms with Crippen LogP contribution in [0, 0.1) is 0 Å². The normalized spacial score (nSPS) is 13.8. The molecule has 0 aliphatic heterocycles. The molecule has 3 N–H and O–H groups in total. The van der Waals surface area contributed by atoms with Crippen molar-refractivity contribution in [1.82, 2.24) is 4.72 Å². The number of hydrogen-bond donors (Lipinski definition) is 3. The van der Waals surface area contributed by atoms with E-state index in [-0.39, 0.29) is 30.6 Å². The summed E-state index contributed by atoms with van der Waals surface area (Å²) in [6, 6.07) is 2.59. The van der Waals surface area contributed by atoms with Gasteiger partial charge in [0.1, 0.15) is 12.4 Å². The van der Waals surface area contributed by atoms with Crippen LogP contribution < -0.4 is 4.72 Å². The van der Waals surface area contributed by atoms with Gasteiger partial charge < -0.3 is 19.4 Å². The van der Waals surface area contributed by atoms with Crippen LogP contribution in [0.4, 0.5) is 0 Å². The number of rotatable bonds is 7. The number of hydrogen-bond acceptors (Lipinski definition) is 6. The largest absolute Gasteiger partial charge is 0.446 e. The molecule has 0 saturated carbocycles. The highest BCUT2D eigenvalue weighted by Crippen LogP contribution is 2.13. The molecule has 0 bridgehead atoms. The third-order valence-corrected chi connectivity index (χ3v) is 3.22. The van der Waals surface area contributed by atoms with Crippen molar-refractivity contribution in [3.8, 4) is 0 Å². The highest BCUT2D eigenvalue weighted by atomic mass is 32.2. The topological polar surface area (TPSA) is 109 Å². The summed E-state index contributed by atoms with van der Waals surface area (Å²) in [6.07, 6.45) is -0.929. The van der Waals surface area contributed by atoms with Crippen LogP contribution in [0.15, 0.2) is 21.6 Å². The fourth-order valence-corrected chi connectivity index (χ4v) is 2.13. The number of aliphatic hydroxyl groups is 2. The van der Waals surface area contributed by atoms with Crippen LogP contribution in [0.5, 0.6) is 0 Å². The second-order valence-electron chi connectivity index (χ2n) is 3.34. The minimum atomic E-state index is -3.81. The SMILES string of the molecule is COCC(O)CNS(=O)(=O)c1ccc(CO)o1. The maximum absolute atomic E-state index is 11.6. The van der Waals surface area contributed by atoms with E-state index in [4.69, 9.17) is 9.52 Å². The number of aliphatic hydroxyl groups excluding tert-OH is 2. The van der Waals surface area contributed by atoms with E-state index in [0.717, 1.165) is 0 Å². The van der Waals surface area contributed by atoms with Crippen LogP contribution in [-0.2, 0) is 21.4 Å². The molecule has 1 aromatic rings. The van der Waals surface area contributed by atoms with Gasteiger partial charge in [0.05, 0.1) is 12.7 Å². The van der Waals surface area contributed by atoms with Gasteiger partial charge in [0.15, 0.2) is 0 Å². The van der Waals surface area contributed by atoms with Crippen LogP contribution in [0.3, 0.4) is 0 Å². The Labute approximate surface area is 99.1 Å². The van der Waals surface area contributed by atoms with Gasteiger partial charge in [0.2, 0.25) is 5.09 Å². The lowest BCUT2D eigenvalue weighted by Crippen LogP contribution is -2.34. The summed E-state index contributed by atoms with van der Waals surface area (Å²) in [5.41, 5.74) is 0. The molecular weight excluding hydrogens is 250 g/mol. The molecular formula is C9H15NO6S. The lowest BCUT2D eigenvalue weighted by Gasteiger charge is -2.09. The Morgan fingerprint density at radius 3 is 2.76 bits per heavy atom. The van der Waals surface area contributed by atoms with Crippen molar-refractivity contribution in [2.45, 2.75) is 17.8 Å². The van der Waals surface area contributed by atoms with E-state index < -0.39 is 16.1 Å². The smallest absolute Gasteiger partial charge is 0.274 e. The van der Waals surface area contributed by atoms with E-state index in [2.05, 4.69) is 9.46 Å². The highest BCUT2D eigenvalue weighted by molar-refractivity contribution is 7.89. The summed E-state index contributed by atoms with van der Waals surface area (Å²) >= 11 is 0. The summed E-state index contributed by atoms with van der Waals surface area (Å²) in [7, 11) is -2.41. The van der Waals surface area contributed by atoms with Crippen molar-refractivity contribution in [3.63, 3.8) is 0 Å². The minimum Gasteiger partial charge on any atom is -0.446 e. The van der Waals surface area contributed by atoms with E-state index in [9.17, 15) is 13.5 Å². The third-order valence-electron chi connectivity index (χ3n) is 1.93. The molecule has 0 amide bonds. The van der Waals surface area contributed by atoms with Gasteiger partial charge in [-0.2, -0.15) is 0 Å². The number of ether oxygens (including phenoxy) is 1. The lowest BCUT2D eigenvalue weighted by atomic mass is 10.4. The fraction of sp³-hybridized carbons (Fsp3) is 0.556. The third kappa shape index (κ3) is 4.10. The monoisotopic (exact) mass is 265 g/mol. The van der Waals surface area contributed by atoms with E-state index >= 15 is 0 Å². The van der Waals surface area contributed by atoms with Crippen molar-refractivity contribution in [2.24, 2.45) is 0 Å². The summed E-state index contributed by atoms with van der Waals surface area (Å²) in [6.45, 7) is -0.518. The quantitative estimate of drug-likeness (QED) is 0.587.